The van der Waals surface area contributed by atoms with Crippen molar-refractivity contribution in [3.05, 3.63) is 18.5 Å². The zero-order valence-corrected chi connectivity index (χ0v) is 9.77. The minimum atomic E-state index is 0.330. The molecule has 0 aliphatic carbocycles. The van der Waals surface area contributed by atoms with Gasteiger partial charge in [-0.25, -0.2) is 0 Å². The summed E-state index contributed by atoms with van der Waals surface area (Å²) in [5, 5.41) is 3.08. The highest BCUT2D eigenvalue weighted by Crippen LogP contribution is 2.09. The largest absolute Gasteiger partial charge is 0.378 e. The number of carbonyl (C=O) groups is 1. The molecule has 1 unspecified atom stereocenters. The maximum atomic E-state index is 10.8. The molecule has 1 amide bonds. The molecule has 1 aromatic rings. The Bertz CT molecular complexity index is 287. The minimum absolute atomic E-state index is 0.330. The lowest BCUT2D eigenvalue weighted by atomic mass is 10.4. The van der Waals surface area contributed by atoms with Crippen molar-refractivity contribution in [2.45, 2.75) is 13.0 Å². The second-order valence-electron chi connectivity index (χ2n) is 3.63. The van der Waals surface area contributed by atoms with Gasteiger partial charge in [-0.2, -0.15) is 0 Å². The van der Waals surface area contributed by atoms with E-state index in [-0.39, 0.29) is 0 Å². The summed E-state index contributed by atoms with van der Waals surface area (Å²) >= 11 is 0. The first-order valence-corrected chi connectivity index (χ1v) is 5.37. The van der Waals surface area contributed by atoms with E-state index >= 15 is 0 Å². The van der Waals surface area contributed by atoms with Crippen LogP contribution in [0.1, 0.15) is 6.92 Å². The van der Waals surface area contributed by atoms with E-state index in [0.29, 0.717) is 25.8 Å². The van der Waals surface area contributed by atoms with Crippen LogP contribution < -0.4 is 10.2 Å². The van der Waals surface area contributed by atoms with Gasteiger partial charge in [-0.05, 0) is 20.0 Å². The lowest BCUT2D eigenvalue weighted by Gasteiger charge is -2.16. The normalized spacial score (nSPS) is 12.4. The molecule has 1 aromatic heterocycles. The Morgan fingerprint density at radius 2 is 2.50 bits per heavy atom. The van der Waals surface area contributed by atoms with E-state index < -0.39 is 0 Å². The Labute approximate surface area is 95.8 Å². The first-order valence-electron chi connectivity index (χ1n) is 5.37. The number of nitrogens with zero attached hydrogens (tertiary/aromatic N) is 1. The van der Waals surface area contributed by atoms with Crippen LogP contribution in [0.3, 0.4) is 0 Å². The van der Waals surface area contributed by atoms with Crippen molar-refractivity contribution in [2.24, 2.45) is 0 Å². The number of aromatic amines is 1. The highest BCUT2D eigenvalue weighted by Gasteiger charge is 2.05. The van der Waals surface area contributed by atoms with E-state index in [4.69, 9.17) is 4.74 Å². The molecule has 0 radical (unpaired) electrons. The highest BCUT2D eigenvalue weighted by atomic mass is 16.5. The highest BCUT2D eigenvalue weighted by molar-refractivity contribution is 5.74. The zero-order valence-electron chi connectivity index (χ0n) is 9.77. The molecule has 1 heterocycles. The van der Waals surface area contributed by atoms with Crippen LogP contribution in [-0.4, -0.2) is 44.2 Å². The van der Waals surface area contributed by atoms with Gasteiger partial charge in [0.2, 0.25) is 6.41 Å². The summed E-state index contributed by atoms with van der Waals surface area (Å²) in [4.78, 5) is 15.4. The standard InChI is InChI=1S/C11H19N3O2/c1-10(12-2)8-16-6-5-14(9-15)11-3-4-13-7-11/h3-4,7,9-10,12-13H,5-6,8H2,1-2H3. The summed E-state index contributed by atoms with van der Waals surface area (Å²) in [5.41, 5.74) is 0.861. The van der Waals surface area contributed by atoms with Gasteiger partial charge in [0.1, 0.15) is 0 Å². The molecule has 0 aromatic carbocycles. The van der Waals surface area contributed by atoms with E-state index in [2.05, 4.69) is 10.3 Å². The van der Waals surface area contributed by atoms with E-state index in [1.807, 2.05) is 20.0 Å². The van der Waals surface area contributed by atoms with Gasteiger partial charge in [-0.15, -0.1) is 0 Å². The summed E-state index contributed by atoms with van der Waals surface area (Å²) in [6, 6.07) is 2.18. The van der Waals surface area contributed by atoms with Crippen LogP contribution in [0.2, 0.25) is 0 Å². The Hall–Kier alpha value is -1.33. The summed E-state index contributed by atoms with van der Waals surface area (Å²) in [6.07, 6.45) is 4.38. The average molecular weight is 225 g/mol. The molecule has 5 heteroatoms. The number of likely N-dealkylation sites (N-methyl/N-ethyl adjacent to an activating group) is 1. The quantitative estimate of drug-likeness (QED) is 0.503. The van der Waals surface area contributed by atoms with Crippen molar-refractivity contribution in [1.82, 2.24) is 10.3 Å². The number of aromatic nitrogens is 1. The van der Waals surface area contributed by atoms with Crippen LogP contribution in [0.15, 0.2) is 18.5 Å². The van der Waals surface area contributed by atoms with Gasteiger partial charge in [-0.3, -0.25) is 4.79 Å². The molecule has 0 saturated carbocycles. The molecule has 5 nitrogen and oxygen atoms in total. The second kappa shape index (κ2) is 7.03. The summed E-state index contributed by atoms with van der Waals surface area (Å²) in [6.45, 7) is 3.80. The van der Waals surface area contributed by atoms with E-state index in [1.165, 1.54) is 0 Å². The van der Waals surface area contributed by atoms with Crippen LogP contribution >= 0.6 is 0 Å². The van der Waals surface area contributed by atoms with Crippen molar-refractivity contribution < 1.29 is 9.53 Å². The molecular weight excluding hydrogens is 206 g/mol. The third kappa shape index (κ3) is 4.04. The Morgan fingerprint density at radius 1 is 1.69 bits per heavy atom. The summed E-state index contributed by atoms with van der Waals surface area (Å²) in [7, 11) is 1.89. The van der Waals surface area contributed by atoms with Crippen LogP contribution in [0, 0.1) is 0 Å². The monoisotopic (exact) mass is 225 g/mol. The van der Waals surface area contributed by atoms with Crippen molar-refractivity contribution in [2.75, 3.05) is 31.7 Å². The Kier molecular flexibility index (Phi) is 5.60. The molecule has 0 aliphatic rings. The number of carbonyl (C=O) groups excluding carboxylic acids is 1. The third-order valence-electron chi connectivity index (χ3n) is 2.38. The lowest BCUT2D eigenvalue weighted by Crippen LogP contribution is -2.30. The number of H-pyrrole nitrogens is 1. The van der Waals surface area contributed by atoms with Gasteiger partial charge in [0.25, 0.3) is 0 Å². The molecule has 1 rings (SSSR count). The summed E-state index contributed by atoms with van der Waals surface area (Å²) in [5.74, 6) is 0. The number of amides is 1. The number of hydrogen-bond donors (Lipinski definition) is 2. The zero-order chi connectivity index (χ0) is 11.8. The second-order valence-corrected chi connectivity index (χ2v) is 3.63. The predicted octanol–water partition coefficient (Wildman–Crippen LogP) is 0.602. The number of rotatable bonds is 8. The van der Waals surface area contributed by atoms with Gasteiger partial charge < -0.3 is 19.9 Å². The summed E-state index contributed by atoms with van der Waals surface area (Å²) < 4.78 is 5.44. The first-order chi connectivity index (χ1) is 7.77. The average Bonchev–Trinajstić information content (AvgIpc) is 2.82. The molecule has 1 atom stereocenters. The molecule has 0 bridgehead atoms. The first kappa shape index (κ1) is 12.7. The van der Waals surface area contributed by atoms with Gasteiger partial charge in [0.05, 0.1) is 18.9 Å². The number of anilines is 1. The molecule has 0 fully saturated rings. The van der Waals surface area contributed by atoms with Crippen LogP contribution in [-0.2, 0) is 9.53 Å². The fourth-order valence-electron chi connectivity index (χ4n) is 1.24. The molecular formula is C11H19N3O2. The van der Waals surface area contributed by atoms with Gasteiger partial charge in [-0.1, -0.05) is 0 Å². The fourth-order valence-corrected chi connectivity index (χ4v) is 1.24. The van der Waals surface area contributed by atoms with Crippen LogP contribution in [0.25, 0.3) is 0 Å². The smallest absolute Gasteiger partial charge is 0.214 e. The van der Waals surface area contributed by atoms with Crippen LogP contribution in [0.4, 0.5) is 5.69 Å². The minimum Gasteiger partial charge on any atom is -0.378 e. The van der Waals surface area contributed by atoms with E-state index in [0.717, 1.165) is 12.1 Å². The molecule has 2 N–H and O–H groups in total. The lowest BCUT2D eigenvalue weighted by molar-refractivity contribution is -0.107. The van der Waals surface area contributed by atoms with Crippen molar-refractivity contribution in [3.63, 3.8) is 0 Å². The van der Waals surface area contributed by atoms with Crippen molar-refractivity contribution in [1.29, 1.82) is 0 Å². The maximum Gasteiger partial charge on any atom is 0.214 e. The maximum absolute atomic E-state index is 10.8. The van der Waals surface area contributed by atoms with Gasteiger partial charge in [0.15, 0.2) is 0 Å². The Morgan fingerprint density at radius 3 is 3.06 bits per heavy atom. The van der Waals surface area contributed by atoms with E-state index in [1.54, 1.807) is 17.3 Å². The molecule has 90 valence electrons. The third-order valence-corrected chi connectivity index (χ3v) is 2.38. The fraction of sp³-hybridized carbons (Fsp3) is 0.545. The van der Waals surface area contributed by atoms with Crippen molar-refractivity contribution >= 4 is 12.1 Å². The molecule has 0 saturated heterocycles. The van der Waals surface area contributed by atoms with Gasteiger partial charge in [0, 0.05) is 25.0 Å². The number of ether oxygens (including phenoxy) is 1. The topological polar surface area (TPSA) is 57.4 Å². The molecule has 16 heavy (non-hydrogen) atoms. The van der Waals surface area contributed by atoms with Crippen molar-refractivity contribution in [3.8, 4) is 0 Å². The molecule has 0 spiro atoms. The van der Waals surface area contributed by atoms with Gasteiger partial charge >= 0.3 is 0 Å². The van der Waals surface area contributed by atoms with Crippen LogP contribution in [0.5, 0.6) is 0 Å². The van der Waals surface area contributed by atoms with E-state index in [9.17, 15) is 4.79 Å². The Balaban J connectivity index is 2.23. The SMILES string of the molecule is CNC(C)COCCN(C=O)c1cc[nH]c1. The number of nitrogens with one attached hydrogen (secondary N) is 2. The molecule has 0 aliphatic heterocycles. The predicted molar refractivity (Wildman–Crippen MR) is 63.5 cm³/mol. The number of hydrogen-bond acceptors (Lipinski definition) is 3.